The minimum absolute atomic E-state index is 0.667. The number of nitriles is 1. The SMILES string of the molecule is Cc1ccc(Sc2c(C#N)c(C)nn2C)cc1C. The highest BCUT2D eigenvalue weighted by atomic mass is 32.2. The molecule has 0 atom stereocenters. The van der Waals surface area contributed by atoms with Gasteiger partial charge in [0.2, 0.25) is 0 Å². The van der Waals surface area contributed by atoms with Crippen LogP contribution in [0.15, 0.2) is 28.1 Å². The van der Waals surface area contributed by atoms with Crippen molar-refractivity contribution in [3.05, 3.63) is 40.6 Å². The summed E-state index contributed by atoms with van der Waals surface area (Å²) in [6, 6.07) is 8.55. The van der Waals surface area contributed by atoms with Crippen molar-refractivity contribution in [3.63, 3.8) is 0 Å². The van der Waals surface area contributed by atoms with Gasteiger partial charge in [-0.15, -0.1) is 0 Å². The molecular weight excluding hydrogens is 242 g/mol. The first-order chi connectivity index (χ1) is 8.52. The molecule has 0 aliphatic carbocycles. The van der Waals surface area contributed by atoms with Gasteiger partial charge in [0.05, 0.1) is 5.69 Å². The molecule has 4 heteroatoms. The van der Waals surface area contributed by atoms with E-state index in [1.165, 1.54) is 11.1 Å². The van der Waals surface area contributed by atoms with Gasteiger partial charge >= 0.3 is 0 Å². The molecule has 0 N–H and O–H groups in total. The molecule has 0 unspecified atom stereocenters. The molecule has 1 aromatic heterocycles. The lowest BCUT2D eigenvalue weighted by Crippen LogP contribution is -1.93. The lowest BCUT2D eigenvalue weighted by molar-refractivity contribution is 0.691. The van der Waals surface area contributed by atoms with E-state index >= 15 is 0 Å². The molecule has 0 saturated carbocycles. The van der Waals surface area contributed by atoms with Gasteiger partial charge in [-0.25, -0.2) is 0 Å². The number of aromatic nitrogens is 2. The van der Waals surface area contributed by atoms with Crippen LogP contribution in [0.2, 0.25) is 0 Å². The van der Waals surface area contributed by atoms with E-state index < -0.39 is 0 Å². The van der Waals surface area contributed by atoms with Crippen molar-refractivity contribution in [1.29, 1.82) is 5.26 Å². The second-order valence-electron chi connectivity index (χ2n) is 4.35. The molecule has 1 heterocycles. The third-order valence-corrected chi connectivity index (χ3v) is 4.13. The number of aryl methyl sites for hydroxylation is 4. The minimum atomic E-state index is 0.667. The summed E-state index contributed by atoms with van der Waals surface area (Å²) in [4.78, 5) is 1.14. The number of rotatable bonds is 2. The summed E-state index contributed by atoms with van der Waals surface area (Å²) in [6.07, 6.45) is 0. The molecule has 0 saturated heterocycles. The zero-order chi connectivity index (χ0) is 13.3. The molecule has 0 fully saturated rings. The fourth-order valence-corrected chi connectivity index (χ4v) is 2.84. The average molecular weight is 257 g/mol. The van der Waals surface area contributed by atoms with Gasteiger partial charge in [-0.05, 0) is 44.0 Å². The van der Waals surface area contributed by atoms with Gasteiger partial charge in [-0.1, -0.05) is 17.8 Å². The van der Waals surface area contributed by atoms with E-state index in [0.717, 1.165) is 15.6 Å². The highest BCUT2D eigenvalue weighted by Crippen LogP contribution is 2.32. The molecule has 2 rings (SSSR count). The second-order valence-corrected chi connectivity index (χ2v) is 5.41. The fraction of sp³-hybridized carbons (Fsp3) is 0.286. The molecular formula is C14H15N3S. The quantitative estimate of drug-likeness (QED) is 0.828. The Morgan fingerprint density at radius 2 is 1.94 bits per heavy atom. The first-order valence-corrected chi connectivity index (χ1v) is 6.53. The molecule has 0 radical (unpaired) electrons. The largest absolute Gasteiger partial charge is 0.260 e. The maximum atomic E-state index is 9.17. The highest BCUT2D eigenvalue weighted by molar-refractivity contribution is 7.99. The van der Waals surface area contributed by atoms with Crippen LogP contribution in [0.5, 0.6) is 0 Å². The van der Waals surface area contributed by atoms with Crippen LogP contribution in [0.25, 0.3) is 0 Å². The van der Waals surface area contributed by atoms with E-state index in [-0.39, 0.29) is 0 Å². The molecule has 0 aliphatic rings. The summed E-state index contributed by atoms with van der Waals surface area (Å²) in [5.74, 6) is 0. The van der Waals surface area contributed by atoms with Crippen LogP contribution in [0.1, 0.15) is 22.4 Å². The van der Waals surface area contributed by atoms with E-state index in [1.807, 2.05) is 14.0 Å². The van der Waals surface area contributed by atoms with Crippen molar-refractivity contribution in [2.75, 3.05) is 0 Å². The molecule has 0 spiro atoms. The van der Waals surface area contributed by atoms with Gasteiger partial charge in [0.25, 0.3) is 0 Å². The Morgan fingerprint density at radius 3 is 2.56 bits per heavy atom. The topological polar surface area (TPSA) is 41.6 Å². The molecule has 0 amide bonds. The summed E-state index contributed by atoms with van der Waals surface area (Å²) in [7, 11) is 1.87. The fourth-order valence-electron chi connectivity index (χ4n) is 1.77. The van der Waals surface area contributed by atoms with Crippen LogP contribution in [-0.2, 0) is 7.05 Å². The van der Waals surface area contributed by atoms with Crippen molar-refractivity contribution in [1.82, 2.24) is 9.78 Å². The Bertz CT molecular complexity index is 635. The lowest BCUT2D eigenvalue weighted by atomic mass is 10.1. The molecule has 0 bridgehead atoms. The Balaban J connectivity index is 2.40. The standard InChI is InChI=1S/C14H15N3S/c1-9-5-6-12(7-10(9)2)18-14-13(8-15)11(3)16-17(14)4/h5-7H,1-4H3. The first-order valence-electron chi connectivity index (χ1n) is 5.71. The minimum Gasteiger partial charge on any atom is -0.260 e. The van der Waals surface area contributed by atoms with Gasteiger partial charge in [0.15, 0.2) is 0 Å². The van der Waals surface area contributed by atoms with E-state index in [4.69, 9.17) is 0 Å². The number of hydrogen-bond acceptors (Lipinski definition) is 3. The van der Waals surface area contributed by atoms with Crippen LogP contribution in [-0.4, -0.2) is 9.78 Å². The van der Waals surface area contributed by atoms with Crippen molar-refractivity contribution >= 4 is 11.8 Å². The summed E-state index contributed by atoms with van der Waals surface area (Å²) in [5, 5.41) is 14.4. The molecule has 1 aromatic carbocycles. The smallest absolute Gasteiger partial charge is 0.117 e. The van der Waals surface area contributed by atoms with Gasteiger partial charge in [-0.3, -0.25) is 4.68 Å². The number of hydrogen-bond donors (Lipinski definition) is 0. The van der Waals surface area contributed by atoms with Crippen LogP contribution >= 0.6 is 11.8 Å². The molecule has 18 heavy (non-hydrogen) atoms. The highest BCUT2D eigenvalue weighted by Gasteiger charge is 2.14. The van der Waals surface area contributed by atoms with E-state index in [1.54, 1.807) is 16.4 Å². The Kier molecular flexibility index (Phi) is 3.44. The normalized spacial score (nSPS) is 10.4. The van der Waals surface area contributed by atoms with E-state index in [0.29, 0.717) is 5.56 Å². The lowest BCUT2D eigenvalue weighted by Gasteiger charge is -2.05. The first kappa shape index (κ1) is 12.7. The van der Waals surface area contributed by atoms with Crippen molar-refractivity contribution in [3.8, 4) is 6.07 Å². The van der Waals surface area contributed by atoms with Crippen LogP contribution < -0.4 is 0 Å². The third kappa shape index (κ3) is 2.27. The van der Waals surface area contributed by atoms with Gasteiger partial charge in [-0.2, -0.15) is 10.4 Å². The van der Waals surface area contributed by atoms with Gasteiger partial charge in [0.1, 0.15) is 16.7 Å². The predicted molar refractivity (Wildman–Crippen MR) is 72.7 cm³/mol. The van der Waals surface area contributed by atoms with Crippen molar-refractivity contribution in [2.45, 2.75) is 30.7 Å². The van der Waals surface area contributed by atoms with Crippen molar-refractivity contribution < 1.29 is 0 Å². The zero-order valence-corrected chi connectivity index (χ0v) is 11.8. The number of benzene rings is 1. The second kappa shape index (κ2) is 4.87. The average Bonchev–Trinajstić information content (AvgIpc) is 2.58. The van der Waals surface area contributed by atoms with E-state index in [9.17, 15) is 5.26 Å². The van der Waals surface area contributed by atoms with Crippen LogP contribution in [0.3, 0.4) is 0 Å². The molecule has 0 aliphatic heterocycles. The summed E-state index contributed by atoms with van der Waals surface area (Å²) in [5.41, 5.74) is 3.99. The van der Waals surface area contributed by atoms with Crippen LogP contribution in [0.4, 0.5) is 0 Å². The Morgan fingerprint density at radius 1 is 1.22 bits per heavy atom. The Hall–Kier alpha value is -1.73. The van der Waals surface area contributed by atoms with Gasteiger partial charge < -0.3 is 0 Å². The molecule has 92 valence electrons. The number of nitrogens with zero attached hydrogens (tertiary/aromatic N) is 3. The summed E-state index contributed by atoms with van der Waals surface area (Å²) < 4.78 is 1.77. The van der Waals surface area contributed by atoms with Crippen LogP contribution in [0, 0.1) is 32.1 Å². The molecule has 3 nitrogen and oxygen atoms in total. The zero-order valence-electron chi connectivity index (χ0n) is 11.0. The summed E-state index contributed by atoms with van der Waals surface area (Å²) in [6.45, 7) is 6.06. The third-order valence-electron chi connectivity index (χ3n) is 2.97. The maximum absolute atomic E-state index is 9.17. The maximum Gasteiger partial charge on any atom is 0.117 e. The van der Waals surface area contributed by atoms with E-state index in [2.05, 4.69) is 43.2 Å². The van der Waals surface area contributed by atoms with Gasteiger partial charge in [0, 0.05) is 11.9 Å². The Labute approximate surface area is 111 Å². The summed E-state index contributed by atoms with van der Waals surface area (Å²) >= 11 is 1.59. The van der Waals surface area contributed by atoms with Crippen molar-refractivity contribution in [2.24, 2.45) is 7.05 Å². The predicted octanol–water partition coefficient (Wildman–Crippen LogP) is 3.37. The monoisotopic (exact) mass is 257 g/mol. The molecule has 2 aromatic rings.